The second-order valence-corrected chi connectivity index (χ2v) is 0. The Bertz CT molecular complexity index is 33.5. The fourth-order valence-corrected chi connectivity index (χ4v) is 0. The largest absolute Gasteiger partial charge is 1.00 e. The second-order valence-electron chi connectivity index (χ2n) is 0. The van der Waals surface area contributed by atoms with Crippen molar-refractivity contribution in [1.82, 2.24) is 0 Å². The van der Waals surface area contributed by atoms with E-state index in [2.05, 4.69) is 0 Å². The molecule has 0 aromatic carbocycles. The molecule has 0 aromatic heterocycles. The van der Waals surface area contributed by atoms with Crippen molar-refractivity contribution in [2.45, 2.75) is 0 Å². The molecule has 0 aliphatic carbocycles. The Hall–Kier alpha value is 1.02. The zero-order chi connectivity index (χ0) is 4.00. The minimum absolute atomic E-state index is 0. The summed E-state index contributed by atoms with van der Waals surface area (Å²) in [7, 11) is 0. The van der Waals surface area contributed by atoms with Crippen molar-refractivity contribution in [3.63, 3.8) is 0 Å². The van der Waals surface area contributed by atoms with Gasteiger partial charge in [-0.1, -0.05) is 0 Å². The van der Waals surface area contributed by atoms with Crippen LogP contribution in [0.4, 0.5) is 0 Å². The van der Waals surface area contributed by atoms with Crippen molar-refractivity contribution in [2.24, 2.45) is 0 Å². The molecule has 0 aliphatic rings. The first-order chi connectivity index (χ1) is 2.00. The molecule has 0 saturated heterocycles. The normalized spacial score (nSPS) is 0.571. The van der Waals surface area contributed by atoms with E-state index >= 15 is 0 Å². The van der Waals surface area contributed by atoms with Crippen molar-refractivity contribution >= 4 is 0 Å². The van der Waals surface area contributed by atoms with E-state index in [1.165, 1.54) is 0 Å². The van der Waals surface area contributed by atoms with Crippen LogP contribution >= 0.6 is 0 Å². The van der Waals surface area contributed by atoms with Gasteiger partial charge < -0.3 is 25.1 Å². The SMILES string of the molecule is [C-]#N.[C-]#N.[Fe].[Fe].[H-].[Na+]. The van der Waals surface area contributed by atoms with Gasteiger partial charge in [-0.05, 0) is 0 Å². The average molecular weight is 188 g/mol. The Labute approximate surface area is 88.0 Å². The van der Waals surface area contributed by atoms with Gasteiger partial charge in [0.15, 0.2) is 0 Å². The van der Waals surface area contributed by atoms with Crippen LogP contribution in [0.25, 0.3) is 0 Å². The first-order valence-corrected chi connectivity index (χ1v) is 0.447. The summed E-state index contributed by atoms with van der Waals surface area (Å²) < 4.78 is 0. The summed E-state index contributed by atoms with van der Waals surface area (Å²) in [6, 6.07) is 0. The first kappa shape index (κ1) is 43.3. The fraction of sp³-hybridized carbons (Fsp3) is 0. The Balaban J connectivity index is -0.00000000167. The van der Waals surface area contributed by atoms with Crippen molar-refractivity contribution in [3.8, 4) is 0 Å². The Morgan fingerprint density at radius 3 is 0.857 bits per heavy atom. The van der Waals surface area contributed by atoms with E-state index in [4.69, 9.17) is 23.7 Å². The summed E-state index contributed by atoms with van der Waals surface area (Å²) in [5, 5.41) is 12.5. The van der Waals surface area contributed by atoms with E-state index in [9.17, 15) is 0 Å². The molecule has 0 rings (SSSR count). The quantitative estimate of drug-likeness (QED) is 0.306. The number of rotatable bonds is 0. The van der Waals surface area contributed by atoms with E-state index in [0.29, 0.717) is 0 Å². The zero-order valence-corrected chi connectivity index (χ0v) is 7.81. The van der Waals surface area contributed by atoms with Crippen LogP contribution in [0.1, 0.15) is 1.43 Å². The minimum atomic E-state index is 0. The molecule has 38 valence electrons. The third kappa shape index (κ3) is 170. The van der Waals surface area contributed by atoms with Gasteiger partial charge in [0.1, 0.15) is 0 Å². The van der Waals surface area contributed by atoms with Gasteiger partial charge in [-0.15, -0.1) is 0 Å². The van der Waals surface area contributed by atoms with Crippen LogP contribution in [0.5, 0.6) is 0 Å². The van der Waals surface area contributed by atoms with Crippen LogP contribution in [0, 0.1) is 23.7 Å². The standard InChI is InChI=1S/2CN.2Fe.Na.H/c2*1-2;;;;/q2*-1;;;+1;-1. The van der Waals surface area contributed by atoms with E-state index in [0.717, 1.165) is 0 Å². The summed E-state index contributed by atoms with van der Waals surface area (Å²) in [6.07, 6.45) is 0. The molecular formula is C2HFe2N2Na-2. The van der Waals surface area contributed by atoms with E-state index < -0.39 is 0 Å². The summed E-state index contributed by atoms with van der Waals surface area (Å²) in [4.78, 5) is 0. The first-order valence-electron chi connectivity index (χ1n) is 0.447. The number of hydrogen-bond donors (Lipinski definition) is 0. The van der Waals surface area contributed by atoms with Gasteiger partial charge in [-0.3, -0.25) is 0 Å². The molecule has 7 heavy (non-hydrogen) atoms. The maximum Gasteiger partial charge on any atom is 1.00 e. The van der Waals surface area contributed by atoms with E-state index in [-0.39, 0.29) is 65.1 Å². The number of nitrogens with zero attached hydrogens (tertiary/aromatic N) is 2. The van der Waals surface area contributed by atoms with Gasteiger partial charge in [0.2, 0.25) is 0 Å². The van der Waals surface area contributed by atoms with Crippen LogP contribution in [0.15, 0.2) is 0 Å². The van der Waals surface area contributed by atoms with Gasteiger partial charge in [0.25, 0.3) is 0 Å². The molecule has 0 aliphatic heterocycles. The molecule has 0 atom stereocenters. The average Bonchev–Trinajstić information content (AvgIpc) is 1.50. The molecule has 0 radical (unpaired) electrons. The Morgan fingerprint density at radius 1 is 0.857 bits per heavy atom. The fourth-order valence-electron chi connectivity index (χ4n) is 0. The van der Waals surface area contributed by atoms with Gasteiger partial charge in [0.05, 0.1) is 0 Å². The van der Waals surface area contributed by atoms with Gasteiger partial charge in [-0.25, -0.2) is 0 Å². The second kappa shape index (κ2) is 245. The molecule has 0 heterocycles. The van der Waals surface area contributed by atoms with Gasteiger partial charge in [0, 0.05) is 34.1 Å². The monoisotopic (exact) mass is 188 g/mol. The van der Waals surface area contributed by atoms with Crippen LogP contribution in [0.2, 0.25) is 0 Å². The molecule has 0 N–H and O–H groups in total. The molecular weight excluding hydrogens is 187 g/mol. The molecule has 0 saturated carbocycles. The van der Waals surface area contributed by atoms with Crippen molar-refractivity contribution in [1.29, 1.82) is 10.5 Å². The predicted octanol–water partition coefficient (Wildman–Crippen LogP) is -2.70. The smallest absolute Gasteiger partial charge is 1.00 e. The molecule has 0 aromatic rings. The summed E-state index contributed by atoms with van der Waals surface area (Å²) in [5.74, 6) is 0. The molecule has 0 unspecified atom stereocenters. The van der Waals surface area contributed by atoms with Crippen molar-refractivity contribution in [2.75, 3.05) is 0 Å². The van der Waals surface area contributed by atoms with Crippen LogP contribution in [0.3, 0.4) is 0 Å². The third-order valence-corrected chi connectivity index (χ3v) is 0. The Morgan fingerprint density at radius 2 is 0.857 bits per heavy atom. The summed E-state index contributed by atoms with van der Waals surface area (Å²) in [5.41, 5.74) is 0. The van der Waals surface area contributed by atoms with E-state index in [1.807, 2.05) is 0 Å². The molecule has 5 heteroatoms. The van der Waals surface area contributed by atoms with Crippen molar-refractivity contribution in [3.05, 3.63) is 13.1 Å². The maximum atomic E-state index is 6.25. The molecule has 0 bridgehead atoms. The van der Waals surface area contributed by atoms with Crippen LogP contribution in [-0.4, -0.2) is 0 Å². The predicted molar refractivity (Wildman–Crippen MR) is 11.0 cm³/mol. The third-order valence-electron chi connectivity index (χ3n) is 0. The maximum absolute atomic E-state index is 6.25. The number of hydrogen-bond acceptors (Lipinski definition) is 2. The zero-order valence-electron chi connectivity index (χ0n) is 4.60. The van der Waals surface area contributed by atoms with Crippen LogP contribution < -0.4 is 29.6 Å². The Kier molecular flexibility index (Phi) is 1520. The minimum Gasteiger partial charge on any atom is -1.00 e. The molecule has 2 nitrogen and oxygen atoms in total. The molecule has 0 spiro atoms. The van der Waals surface area contributed by atoms with Gasteiger partial charge >= 0.3 is 29.6 Å². The van der Waals surface area contributed by atoms with Gasteiger partial charge in [-0.2, -0.15) is 0 Å². The van der Waals surface area contributed by atoms with E-state index in [1.54, 1.807) is 0 Å². The van der Waals surface area contributed by atoms with Crippen LogP contribution in [-0.2, 0) is 34.1 Å². The topological polar surface area (TPSA) is 47.6 Å². The molecule has 0 amide bonds. The summed E-state index contributed by atoms with van der Waals surface area (Å²) >= 11 is 0. The molecule has 0 fully saturated rings. The van der Waals surface area contributed by atoms with Crippen molar-refractivity contribution < 1.29 is 65.1 Å². The summed E-state index contributed by atoms with van der Waals surface area (Å²) in [6.45, 7) is 9.50.